The van der Waals surface area contributed by atoms with E-state index in [1.165, 1.54) is 0 Å². The number of pyridine rings is 2. The van der Waals surface area contributed by atoms with Gasteiger partial charge in [0.15, 0.2) is 5.43 Å². The molecule has 0 amide bonds. The Bertz CT molecular complexity index is 997. The number of para-hydroxylation sites is 1. The van der Waals surface area contributed by atoms with Gasteiger partial charge in [-0.2, -0.15) is 5.26 Å². The second-order valence-corrected chi connectivity index (χ2v) is 5.46. The molecule has 6 nitrogen and oxygen atoms in total. The van der Waals surface area contributed by atoms with E-state index in [2.05, 4.69) is 16.0 Å². The van der Waals surface area contributed by atoms with E-state index in [-0.39, 0.29) is 5.43 Å². The lowest BCUT2D eigenvalue weighted by Gasteiger charge is -2.28. The molecule has 0 radical (unpaired) electrons. The number of aromatic nitrogens is 2. The van der Waals surface area contributed by atoms with Crippen LogP contribution >= 0.6 is 0 Å². The minimum Gasteiger partial charge on any atom is -0.378 e. The summed E-state index contributed by atoms with van der Waals surface area (Å²) < 4.78 is 5.35. The number of hydrogen-bond acceptors (Lipinski definition) is 5. The molecule has 1 saturated heterocycles. The van der Waals surface area contributed by atoms with Gasteiger partial charge in [-0.25, -0.2) is 4.98 Å². The highest BCUT2D eigenvalue weighted by Crippen LogP contribution is 2.25. The van der Waals surface area contributed by atoms with Crippen molar-refractivity contribution in [1.29, 1.82) is 5.26 Å². The van der Waals surface area contributed by atoms with Crippen LogP contribution in [0.15, 0.2) is 35.3 Å². The van der Waals surface area contributed by atoms with E-state index in [1.807, 2.05) is 23.1 Å². The summed E-state index contributed by atoms with van der Waals surface area (Å²) in [5.41, 5.74) is 1.58. The molecule has 1 fully saturated rings. The second-order valence-electron chi connectivity index (χ2n) is 5.46. The Kier molecular flexibility index (Phi) is 3.21. The minimum atomic E-state index is -0.105. The maximum atomic E-state index is 12.6. The van der Waals surface area contributed by atoms with Crippen molar-refractivity contribution in [2.45, 2.75) is 0 Å². The van der Waals surface area contributed by atoms with Gasteiger partial charge in [0, 0.05) is 30.2 Å². The zero-order valence-corrected chi connectivity index (χ0v) is 12.4. The largest absolute Gasteiger partial charge is 0.378 e. The lowest BCUT2D eigenvalue weighted by molar-refractivity contribution is 0.122. The van der Waals surface area contributed by atoms with E-state index in [0.717, 1.165) is 5.52 Å². The maximum absolute atomic E-state index is 12.6. The first-order valence-electron chi connectivity index (χ1n) is 7.46. The summed E-state index contributed by atoms with van der Waals surface area (Å²) in [6, 6.07) is 9.51. The Morgan fingerprint density at radius 2 is 2.00 bits per heavy atom. The summed E-state index contributed by atoms with van der Waals surface area (Å²) in [7, 11) is 0. The second kappa shape index (κ2) is 5.38. The highest BCUT2D eigenvalue weighted by atomic mass is 16.5. The van der Waals surface area contributed by atoms with Gasteiger partial charge in [-0.15, -0.1) is 0 Å². The first-order chi connectivity index (χ1) is 11.3. The number of ether oxygens (including phenoxy) is 1. The van der Waals surface area contributed by atoms with Gasteiger partial charge in [0.25, 0.3) is 0 Å². The third-order valence-electron chi connectivity index (χ3n) is 4.16. The third-order valence-corrected chi connectivity index (χ3v) is 4.16. The van der Waals surface area contributed by atoms with Gasteiger partial charge in [-0.3, -0.25) is 4.79 Å². The molecule has 0 spiro atoms. The molecular formula is C17H14N4O2. The lowest BCUT2D eigenvalue weighted by atomic mass is 10.1. The Morgan fingerprint density at radius 3 is 2.78 bits per heavy atom. The molecule has 6 heteroatoms. The molecule has 1 aromatic carbocycles. The van der Waals surface area contributed by atoms with Crippen molar-refractivity contribution in [2.24, 2.45) is 0 Å². The van der Waals surface area contributed by atoms with E-state index >= 15 is 0 Å². The van der Waals surface area contributed by atoms with Gasteiger partial charge in [-0.1, -0.05) is 12.1 Å². The molecule has 3 heterocycles. The Morgan fingerprint density at radius 1 is 1.22 bits per heavy atom. The van der Waals surface area contributed by atoms with Crippen LogP contribution in [0, 0.1) is 11.3 Å². The number of anilines is 1. The first-order valence-corrected chi connectivity index (χ1v) is 7.46. The number of nitriles is 1. The molecule has 2 aromatic heterocycles. The molecule has 114 valence electrons. The molecule has 0 bridgehead atoms. The summed E-state index contributed by atoms with van der Waals surface area (Å²) in [5.74, 6) is 0.606. The molecule has 0 atom stereocenters. The number of morpholine rings is 1. The third kappa shape index (κ3) is 2.14. The van der Waals surface area contributed by atoms with Crippen LogP contribution in [0.3, 0.4) is 0 Å². The van der Waals surface area contributed by atoms with E-state index < -0.39 is 0 Å². The van der Waals surface area contributed by atoms with Crippen molar-refractivity contribution < 1.29 is 4.74 Å². The predicted octanol–water partition coefficient (Wildman–Crippen LogP) is 1.78. The number of hydrogen-bond donors (Lipinski definition) is 1. The molecule has 1 aliphatic rings. The zero-order chi connectivity index (χ0) is 15.8. The van der Waals surface area contributed by atoms with Crippen molar-refractivity contribution >= 4 is 27.6 Å². The lowest BCUT2D eigenvalue weighted by Crippen LogP contribution is -2.37. The van der Waals surface area contributed by atoms with Crippen molar-refractivity contribution in [2.75, 3.05) is 31.2 Å². The molecule has 1 N–H and O–H groups in total. The van der Waals surface area contributed by atoms with Crippen LogP contribution in [0.1, 0.15) is 5.56 Å². The van der Waals surface area contributed by atoms with Gasteiger partial charge in [-0.05, 0) is 12.1 Å². The quantitative estimate of drug-likeness (QED) is 0.693. The van der Waals surface area contributed by atoms with E-state index in [9.17, 15) is 10.1 Å². The Labute approximate surface area is 131 Å². The number of H-pyrrole nitrogens is 1. The smallest absolute Gasteiger partial charge is 0.198 e. The molecule has 0 saturated carbocycles. The van der Waals surface area contributed by atoms with E-state index in [0.29, 0.717) is 54.0 Å². The fourth-order valence-corrected chi connectivity index (χ4v) is 2.99. The molecule has 23 heavy (non-hydrogen) atoms. The van der Waals surface area contributed by atoms with Crippen molar-refractivity contribution in [3.05, 3.63) is 46.2 Å². The minimum absolute atomic E-state index is 0.105. The van der Waals surface area contributed by atoms with Crippen LogP contribution in [0.5, 0.6) is 0 Å². The van der Waals surface area contributed by atoms with E-state index in [1.54, 1.807) is 12.3 Å². The Balaban J connectivity index is 2.03. The van der Waals surface area contributed by atoms with Gasteiger partial charge >= 0.3 is 0 Å². The average molecular weight is 306 g/mol. The van der Waals surface area contributed by atoms with Gasteiger partial charge in [0.05, 0.1) is 24.1 Å². The van der Waals surface area contributed by atoms with E-state index in [4.69, 9.17) is 4.74 Å². The molecule has 1 aliphatic heterocycles. The standard InChI is InChI=1S/C17H14N4O2/c18-9-12-15-13(10-19-17(12)21-5-7-23-8-6-21)16(22)11-3-1-2-4-14(11)20-15/h1-4,10H,5-8H2,(H,20,22). The fraction of sp³-hybridized carbons (Fsp3) is 0.235. The van der Waals surface area contributed by atoms with Crippen molar-refractivity contribution in [3.63, 3.8) is 0 Å². The Hall–Kier alpha value is -2.91. The van der Waals surface area contributed by atoms with Crippen LogP contribution in [0.25, 0.3) is 21.8 Å². The molecular weight excluding hydrogens is 292 g/mol. The van der Waals surface area contributed by atoms with Crippen LogP contribution in [0.2, 0.25) is 0 Å². The van der Waals surface area contributed by atoms with Crippen molar-refractivity contribution in [1.82, 2.24) is 9.97 Å². The molecule has 3 aromatic rings. The zero-order valence-electron chi connectivity index (χ0n) is 12.4. The summed E-state index contributed by atoms with van der Waals surface area (Å²) >= 11 is 0. The summed E-state index contributed by atoms with van der Waals surface area (Å²) in [5, 5.41) is 10.7. The fourth-order valence-electron chi connectivity index (χ4n) is 2.99. The van der Waals surface area contributed by atoms with Crippen molar-refractivity contribution in [3.8, 4) is 6.07 Å². The average Bonchev–Trinajstić information content (AvgIpc) is 2.62. The van der Waals surface area contributed by atoms with Gasteiger partial charge in [0.2, 0.25) is 0 Å². The van der Waals surface area contributed by atoms with Gasteiger partial charge < -0.3 is 14.6 Å². The SMILES string of the molecule is N#Cc1c(N2CCOCC2)ncc2c(=O)c3ccccc3[nH]c12. The topological polar surface area (TPSA) is 82.0 Å². The monoisotopic (exact) mass is 306 g/mol. The number of fused-ring (bicyclic) bond motifs is 2. The van der Waals surface area contributed by atoms with Crippen LogP contribution < -0.4 is 10.3 Å². The van der Waals surface area contributed by atoms with Crippen LogP contribution in [-0.2, 0) is 4.74 Å². The maximum Gasteiger partial charge on any atom is 0.198 e. The molecule has 0 aliphatic carbocycles. The number of benzene rings is 1. The number of rotatable bonds is 1. The molecule has 4 rings (SSSR count). The van der Waals surface area contributed by atoms with Crippen LogP contribution in [0.4, 0.5) is 5.82 Å². The highest BCUT2D eigenvalue weighted by molar-refractivity contribution is 5.96. The summed E-state index contributed by atoms with van der Waals surface area (Å²) in [6.07, 6.45) is 1.56. The number of nitrogens with one attached hydrogen (secondary N) is 1. The first kappa shape index (κ1) is 13.7. The molecule has 0 unspecified atom stereocenters. The number of aromatic amines is 1. The summed E-state index contributed by atoms with van der Waals surface area (Å²) in [6.45, 7) is 2.59. The normalized spacial score (nSPS) is 15.0. The van der Waals surface area contributed by atoms with Gasteiger partial charge in [0.1, 0.15) is 17.5 Å². The predicted molar refractivity (Wildman–Crippen MR) is 87.6 cm³/mol. The summed E-state index contributed by atoms with van der Waals surface area (Å²) in [4.78, 5) is 22.3. The van der Waals surface area contributed by atoms with Crippen LogP contribution in [-0.4, -0.2) is 36.3 Å². The number of nitrogens with zero attached hydrogens (tertiary/aromatic N) is 3. The highest BCUT2D eigenvalue weighted by Gasteiger charge is 2.20.